The van der Waals surface area contributed by atoms with Crippen molar-refractivity contribution in [3.8, 4) is 17.1 Å². The zero-order valence-corrected chi connectivity index (χ0v) is 20.7. The van der Waals surface area contributed by atoms with E-state index in [1.807, 2.05) is 61.1 Å². The minimum absolute atomic E-state index is 0.0399. The van der Waals surface area contributed by atoms with E-state index in [2.05, 4.69) is 25.6 Å². The number of benzene rings is 2. The second-order valence-corrected chi connectivity index (χ2v) is 9.73. The van der Waals surface area contributed by atoms with Crippen LogP contribution in [0.5, 0.6) is 5.88 Å². The number of fused-ring (bicyclic) bond motifs is 2. The molecule has 0 saturated heterocycles. The lowest BCUT2D eigenvalue weighted by molar-refractivity contribution is 0.195. The Morgan fingerprint density at radius 2 is 2.03 bits per heavy atom. The average Bonchev–Trinajstić information content (AvgIpc) is 3.52. The fraction of sp³-hybridized carbons (Fsp3) is 0.241. The standard InChI is InChI=1S/C29H27ClN4O2/c1-18(35)28-29(34(17-33-28)25-12-6-10-20-9-5-11-23(30)27(20)25)22-14-31-24-15-32-26(13-21(22)24)36-16-19-7-3-2-4-8-19/h2-5,7-9,11,13-15,17-18,25,31,35H,6,10,12,16H2,1H3. The first kappa shape index (κ1) is 22.8. The average molecular weight is 499 g/mol. The van der Waals surface area contributed by atoms with Gasteiger partial charge in [-0.15, -0.1) is 0 Å². The maximum absolute atomic E-state index is 10.7. The highest BCUT2D eigenvalue weighted by molar-refractivity contribution is 6.31. The molecule has 3 aromatic heterocycles. The molecule has 0 spiro atoms. The van der Waals surface area contributed by atoms with Crippen LogP contribution in [0.4, 0.5) is 0 Å². The molecule has 2 atom stereocenters. The van der Waals surface area contributed by atoms with E-state index in [0.29, 0.717) is 18.2 Å². The number of ether oxygens (including phenoxy) is 1. The van der Waals surface area contributed by atoms with Crippen LogP contribution in [0.2, 0.25) is 5.02 Å². The molecule has 7 heteroatoms. The van der Waals surface area contributed by atoms with Crippen molar-refractivity contribution in [3.63, 3.8) is 0 Å². The number of nitrogens with one attached hydrogen (secondary N) is 1. The van der Waals surface area contributed by atoms with Crippen molar-refractivity contribution in [2.24, 2.45) is 0 Å². The number of aliphatic hydroxyl groups is 1. The van der Waals surface area contributed by atoms with Crippen LogP contribution < -0.4 is 4.74 Å². The first-order valence-electron chi connectivity index (χ1n) is 12.3. The Hall–Kier alpha value is -3.61. The van der Waals surface area contributed by atoms with Gasteiger partial charge >= 0.3 is 0 Å². The van der Waals surface area contributed by atoms with Gasteiger partial charge in [0.15, 0.2) is 0 Å². The van der Waals surface area contributed by atoms with E-state index in [0.717, 1.165) is 57.6 Å². The van der Waals surface area contributed by atoms with E-state index in [-0.39, 0.29) is 6.04 Å². The van der Waals surface area contributed by atoms with Crippen molar-refractivity contribution in [1.82, 2.24) is 19.5 Å². The molecule has 3 heterocycles. The van der Waals surface area contributed by atoms with Crippen LogP contribution in [0.15, 0.2) is 73.3 Å². The minimum Gasteiger partial charge on any atom is -0.473 e. The number of aliphatic hydroxyl groups excluding tert-OH is 1. The predicted octanol–water partition coefficient (Wildman–Crippen LogP) is 6.64. The molecule has 2 N–H and O–H groups in total. The lowest BCUT2D eigenvalue weighted by atomic mass is 9.87. The molecular formula is C29H27ClN4O2. The zero-order chi connectivity index (χ0) is 24.6. The molecule has 182 valence electrons. The summed E-state index contributed by atoms with van der Waals surface area (Å²) in [6.45, 7) is 2.19. The summed E-state index contributed by atoms with van der Waals surface area (Å²) in [7, 11) is 0. The maximum atomic E-state index is 10.7. The summed E-state index contributed by atoms with van der Waals surface area (Å²) >= 11 is 6.72. The summed E-state index contributed by atoms with van der Waals surface area (Å²) in [5.74, 6) is 0.544. The monoisotopic (exact) mass is 498 g/mol. The Labute approximate surface area is 214 Å². The van der Waals surface area contributed by atoms with Gasteiger partial charge in [0.05, 0.1) is 41.6 Å². The van der Waals surface area contributed by atoms with Crippen LogP contribution >= 0.6 is 11.6 Å². The van der Waals surface area contributed by atoms with Crippen LogP contribution in [0, 0.1) is 0 Å². The normalized spacial score (nSPS) is 16.1. The Bertz CT molecular complexity index is 1520. The van der Waals surface area contributed by atoms with Crippen molar-refractivity contribution in [2.45, 2.75) is 44.9 Å². The van der Waals surface area contributed by atoms with E-state index < -0.39 is 6.10 Å². The first-order valence-corrected chi connectivity index (χ1v) is 12.6. The number of H-pyrrole nitrogens is 1. The van der Waals surface area contributed by atoms with Gasteiger partial charge in [-0.1, -0.05) is 54.1 Å². The van der Waals surface area contributed by atoms with Crippen LogP contribution in [0.3, 0.4) is 0 Å². The predicted molar refractivity (Wildman–Crippen MR) is 141 cm³/mol. The number of aromatic amines is 1. The van der Waals surface area contributed by atoms with Crippen LogP contribution in [-0.2, 0) is 13.0 Å². The summed E-state index contributed by atoms with van der Waals surface area (Å²) in [4.78, 5) is 12.5. The Kier molecular flexibility index (Phi) is 5.99. The van der Waals surface area contributed by atoms with Gasteiger partial charge in [0.1, 0.15) is 6.61 Å². The summed E-state index contributed by atoms with van der Waals surface area (Å²) in [5.41, 5.74) is 6.86. The molecule has 2 unspecified atom stereocenters. The van der Waals surface area contributed by atoms with Crippen LogP contribution in [0.25, 0.3) is 22.2 Å². The quantitative estimate of drug-likeness (QED) is 0.275. The largest absolute Gasteiger partial charge is 0.473 e. The van der Waals surface area contributed by atoms with Crippen molar-refractivity contribution < 1.29 is 9.84 Å². The van der Waals surface area contributed by atoms with E-state index >= 15 is 0 Å². The van der Waals surface area contributed by atoms with E-state index in [4.69, 9.17) is 16.3 Å². The van der Waals surface area contributed by atoms with Gasteiger partial charge in [-0.2, -0.15) is 0 Å². The molecule has 6 nitrogen and oxygen atoms in total. The third kappa shape index (κ3) is 4.06. The van der Waals surface area contributed by atoms with Gasteiger partial charge in [0.2, 0.25) is 5.88 Å². The van der Waals surface area contributed by atoms with Crippen molar-refractivity contribution in [1.29, 1.82) is 0 Å². The van der Waals surface area contributed by atoms with Gasteiger partial charge in [0.25, 0.3) is 0 Å². The topological polar surface area (TPSA) is 76.0 Å². The molecule has 5 aromatic rings. The molecule has 0 amide bonds. The Morgan fingerprint density at radius 1 is 1.17 bits per heavy atom. The van der Waals surface area contributed by atoms with Crippen molar-refractivity contribution in [2.75, 3.05) is 0 Å². The highest BCUT2D eigenvalue weighted by Crippen LogP contribution is 2.42. The van der Waals surface area contributed by atoms with Gasteiger partial charge in [-0.05, 0) is 48.9 Å². The molecule has 0 saturated carbocycles. The number of nitrogens with zero attached hydrogens (tertiary/aromatic N) is 3. The number of hydrogen-bond donors (Lipinski definition) is 2. The van der Waals surface area contributed by atoms with Gasteiger partial charge in [0, 0.05) is 28.2 Å². The lowest BCUT2D eigenvalue weighted by Gasteiger charge is -2.29. The maximum Gasteiger partial charge on any atom is 0.214 e. The second-order valence-electron chi connectivity index (χ2n) is 9.33. The van der Waals surface area contributed by atoms with Crippen molar-refractivity contribution in [3.05, 3.63) is 101 Å². The smallest absolute Gasteiger partial charge is 0.214 e. The number of aromatic nitrogens is 4. The molecule has 0 radical (unpaired) electrons. The van der Waals surface area contributed by atoms with Gasteiger partial charge in [-0.25, -0.2) is 9.97 Å². The number of pyridine rings is 1. The lowest BCUT2D eigenvalue weighted by Crippen LogP contribution is -2.18. The SMILES string of the molecule is CC(O)c1ncn(C2CCCc3cccc(Cl)c32)c1-c1c[nH]c2cnc(OCc3ccccc3)cc12. The summed E-state index contributed by atoms with van der Waals surface area (Å²) < 4.78 is 8.19. The number of rotatable bonds is 6. The fourth-order valence-electron chi connectivity index (χ4n) is 5.28. The first-order chi connectivity index (χ1) is 17.6. The van der Waals surface area contributed by atoms with Gasteiger partial charge in [-0.3, -0.25) is 0 Å². The third-order valence-electron chi connectivity index (χ3n) is 6.98. The van der Waals surface area contributed by atoms with Gasteiger partial charge < -0.3 is 19.4 Å². The van der Waals surface area contributed by atoms with E-state index in [1.54, 1.807) is 13.1 Å². The number of hydrogen-bond acceptors (Lipinski definition) is 4. The minimum atomic E-state index is -0.726. The van der Waals surface area contributed by atoms with Crippen molar-refractivity contribution >= 4 is 22.5 Å². The van der Waals surface area contributed by atoms with Crippen LogP contribution in [-0.4, -0.2) is 24.6 Å². The molecular weight excluding hydrogens is 472 g/mol. The Balaban J connectivity index is 1.45. The van der Waals surface area contributed by atoms with Crippen LogP contribution in [0.1, 0.15) is 54.3 Å². The van der Waals surface area contributed by atoms with E-state index in [9.17, 15) is 5.11 Å². The number of imidazole rings is 1. The number of aryl methyl sites for hydroxylation is 1. The number of halogens is 1. The van der Waals surface area contributed by atoms with E-state index in [1.165, 1.54) is 5.56 Å². The molecule has 1 aliphatic carbocycles. The molecule has 6 rings (SSSR count). The Morgan fingerprint density at radius 3 is 2.86 bits per heavy atom. The molecule has 0 fully saturated rings. The highest BCUT2D eigenvalue weighted by atomic mass is 35.5. The molecule has 1 aliphatic rings. The molecule has 36 heavy (non-hydrogen) atoms. The molecule has 0 bridgehead atoms. The highest BCUT2D eigenvalue weighted by Gasteiger charge is 2.29. The molecule has 2 aromatic carbocycles. The summed E-state index contributed by atoms with van der Waals surface area (Å²) in [6.07, 6.45) is 7.89. The summed E-state index contributed by atoms with van der Waals surface area (Å²) in [5, 5.41) is 12.4. The fourth-order valence-corrected chi connectivity index (χ4v) is 5.60. The zero-order valence-electron chi connectivity index (χ0n) is 20.0. The molecule has 0 aliphatic heterocycles. The summed E-state index contributed by atoms with van der Waals surface area (Å²) in [6, 6.07) is 18.2. The second kappa shape index (κ2) is 9.45. The third-order valence-corrected chi connectivity index (χ3v) is 7.31.